The van der Waals surface area contributed by atoms with Gasteiger partial charge in [0.05, 0.1) is 6.54 Å². The van der Waals surface area contributed by atoms with Crippen LogP contribution < -0.4 is 15.8 Å². The highest BCUT2D eigenvalue weighted by molar-refractivity contribution is 9.10. The number of ether oxygens (including phenoxy) is 1. The molecule has 1 rings (SSSR count). The Morgan fingerprint density at radius 3 is 3.00 bits per heavy atom. The van der Waals surface area contributed by atoms with Crippen LogP contribution in [0, 0.1) is 0 Å². The molecular weight excluding hydrogens is 272 g/mol. The van der Waals surface area contributed by atoms with Crippen LogP contribution in [0.15, 0.2) is 28.7 Å². The Labute approximate surface area is 103 Å². The summed E-state index contributed by atoms with van der Waals surface area (Å²) in [6.45, 7) is 1.32. The number of hydrogen-bond acceptors (Lipinski definition) is 3. The quantitative estimate of drug-likeness (QED) is 0.775. The maximum absolute atomic E-state index is 11.1. The van der Waals surface area contributed by atoms with Crippen molar-refractivity contribution >= 4 is 21.8 Å². The first-order chi connectivity index (χ1) is 7.72. The minimum absolute atomic E-state index is 0.0413. The average Bonchev–Trinajstić information content (AvgIpc) is 2.25. The van der Waals surface area contributed by atoms with Crippen LogP contribution in [0.5, 0.6) is 5.75 Å². The fourth-order valence-corrected chi connectivity index (χ4v) is 1.51. The van der Waals surface area contributed by atoms with Crippen molar-refractivity contribution in [1.29, 1.82) is 0 Å². The number of nitrogens with two attached hydrogens (primary N) is 1. The second-order valence-corrected chi connectivity index (χ2v) is 4.11. The van der Waals surface area contributed by atoms with Crippen LogP contribution in [-0.2, 0) is 4.79 Å². The number of nitrogens with one attached hydrogen (secondary N) is 1. The van der Waals surface area contributed by atoms with Crippen LogP contribution in [0.2, 0.25) is 0 Å². The summed E-state index contributed by atoms with van der Waals surface area (Å²) in [6.07, 6.45) is 0.358. The Morgan fingerprint density at radius 2 is 2.31 bits per heavy atom. The van der Waals surface area contributed by atoms with Gasteiger partial charge in [0, 0.05) is 17.4 Å². The van der Waals surface area contributed by atoms with Gasteiger partial charge in [-0.15, -0.1) is 0 Å². The number of halogens is 1. The third kappa shape index (κ3) is 5.14. The second kappa shape index (κ2) is 7.24. The molecule has 0 aliphatic heterocycles. The van der Waals surface area contributed by atoms with Gasteiger partial charge in [0.2, 0.25) is 5.91 Å². The van der Waals surface area contributed by atoms with E-state index in [0.29, 0.717) is 26.1 Å². The van der Waals surface area contributed by atoms with Crippen LogP contribution in [0.4, 0.5) is 0 Å². The SMILES string of the molecule is NCCC(=O)NCCOc1cccc(Br)c1. The van der Waals surface area contributed by atoms with E-state index in [1.807, 2.05) is 24.3 Å². The van der Waals surface area contributed by atoms with E-state index in [1.54, 1.807) is 0 Å². The van der Waals surface area contributed by atoms with Crippen LogP contribution in [0.3, 0.4) is 0 Å². The molecular formula is C11H15BrN2O2. The topological polar surface area (TPSA) is 64.4 Å². The van der Waals surface area contributed by atoms with Crippen molar-refractivity contribution in [2.45, 2.75) is 6.42 Å². The van der Waals surface area contributed by atoms with Crippen molar-refractivity contribution in [2.75, 3.05) is 19.7 Å². The van der Waals surface area contributed by atoms with Crippen molar-refractivity contribution in [1.82, 2.24) is 5.32 Å². The summed E-state index contributed by atoms with van der Waals surface area (Å²) in [5.41, 5.74) is 5.24. The molecule has 0 saturated heterocycles. The summed E-state index contributed by atoms with van der Waals surface area (Å²) in [6, 6.07) is 7.57. The fourth-order valence-electron chi connectivity index (χ4n) is 1.14. The Balaban J connectivity index is 2.18. The second-order valence-electron chi connectivity index (χ2n) is 3.19. The van der Waals surface area contributed by atoms with Gasteiger partial charge in [0.25, 0.3) is 0 Å². The Hall–Kier alpha value is -1.07. The van der Waals surface area contributed by atoms with Gasteiger partial charge >= 0.3 is 0 Å². The zero-order chi connectivity index (χ0) is 11.8. The highest BCUT2D eigenvalue weighted by Crippen LogP contribution is 2.17. The maximum Gasteiger partial charge on any atom is 0.221 e. The molecule has 0 heterocycles. The third-order valence-corrected chi connectivity index (χ3v) is 2.35. The average molecular weight is 287 g/mol. The first-order valence-electron chi connectivity index (χ1n) is 5.07. The number of rotatable bonds is 6. The summed E-state index contributed by atoms with van der Waals surface area (Å²) in [4.78, 5) is 11.1. The van der Waals surface area contributed by atoms with Crippen molar-refractivity contribution in [3.8, 4) is 5.75 Å². The smallest absolute Gasteiger partial charge is 0.221 e. The number of amides is 1. The summed E-state index contributed by atoms with van der Waals surface area (Å²) in [7, 11) is 0. The zero-order valence-electron chi connectivity index (χ0n) is 8.91. The molecule has 0 atom stereocenters. The van der Waals surface area contributed by atoms with Gasteiger partial charge in [0.1, 0.15) is 12.4 Å². The monoisotopic (exact) mass is 286 g/mol. The van der Waals surface area contributed by atoms with Gasteiger partial charge < -0.3 is 15.8 Å². The Kier molecular flexibility index (Phi) is 5.88. The van der Waals surface area contributed by atoms with E-state index in [0.717, 1.165) is 10.2 Å². The summed E-state index contributed by atoms with van der Waals surface area (Å²) in [5.74, 6) is 0.739. The number of carbonyl (C=O) groups excluding carboxylic acids is 1. The molecule has 0 unspecified atom stereocenters. The molecule has 4 nitrogen and oxygen atoms in total. The van der Waals surface area contributed by atoms with E-state index < -0.39 is 0 Å². The Bertz CT molecular complexity index is 345. The highest BCUT2D eigenvalue weighted by Gasteiger charge is 1.98. The summed E-state index contributed by atoms with van der Waals surface area (Å²) < 4.78 is 6.41. The van der Waals surface area contributed by atoms with Gasteiger partial charge in [0.15, 0.2) is 0 Å². The van der Waals surface area contributed by atoms with E-state index in [-0.39, 0.29) is 5.91 Å². The number of hydrogen-bond donors (Lipinski definition) is 2. The lowest BCUT2D eigenvalue weighted by Gasteiger charge is -2.07. The van der Waals surface area contributed by atoms with Crippen LogP contribution in [0.1, 0.15) is 6.42 Å². The fraction of sp³-hybridized carbons (Fsp3) is 0.364. The highest BCUT2D eigenvalue weighted by atomic mass is 79.9. The molecule has 1 amide bonds. The van der Waals surface area contributed by atoms with Crippen LogP contribution >= 0.6 is 15.9 Å². The van der Waals surface area contributed by atoms with Crippen molar-refractivity contribution in [2.24, 2.45) is 5.73 Å². The predicted octanol–water partition coefficient (Wildman–Crippen LogP) is 1.29. The van der Waals surface area contributed by atoms with E-state index in [2.05, 4.69) is 21.2 Å². The molecule has 0 saturated carbocycles. The molecule has 3 N–H and O–H groups in total. The Morgan fingerprint density at radius 1 is 1.50 bits per heavy atom. The molecule has 0 aliphatic rings. The molecule has 16 heavy (non-hydrogen) atoms. The van der Waals surface area contributed by atoms with Gasteiger partial charge in [-0.05, 0) is 18.2 Å². The first-order valence-corrected chi connectivity index (χ1v) is 5.87. The van der Waals surface area contributed by atoms with E-state index >= 15 is 0 Å². The van der Waals surface area contributed by atoms with Gasteiger partial charge in [-0.2, -0.15) is 0 Å². The number of carbonyl (C=O) groups is 1. The molecule has 1 aromatic rings. The van der Waals surface area contributed by atoms with Crippen LogP contribution in [0.25, 0.3) is 0 Å². The standard InChI is InChI=1S/C11H15BrN2O2/c12-9-2-1-3-10(8-9)16-7-6-14-11(15)4-5-13/h1-3,8H,4-7,13H2,(H,14,15). The molecule has 0 aliphatic carbocycles. The number of benzene rings is 1. The lowest BCUT2D eigenvalue weighted by atomic mass is 10.3. The third-order valence-electron chi connectivity index (χ3n) is 1.86. The van der Waals surface area contributed by atoms with E-state index in [4.69, 9.17) is 10.5 Å². The van der Waals surface area contributed by atoms with E-state index in [1.165, 1.54) is 0 Å². The van der Waals surface area contributed by atoms with Gasteiger partial charge in [-0.25, -0.2) is 0 Å². The normalized spacial score (nSPS) is 9.88. The molecule has 0 bridgehead atoms. The summed E-state index contributed by atoms with van der Waals surface area (Å²) >= 11 is 3.35. The minimum atomic E-state index is -0.0413. The lowest BCUT2D eigenvalue weighted by Crippen LogP contribution is -2.29. The first kappa shape index (κ1) is 13.0. The van der Waals surface area contributed by atoms with Gasteiger partial charge in [-0.1, -0.05) is 22.0 Å². The van der Waals surface area contributed by atoms with Crippen molar-refractivity contribution < 1.29 is 9.53 Å². The van der Waals surface area contributed by atoms with Gasteiger partial charge in [-0.3, -0.25) is 4.79 Å². The molecule has 88 valence electrons. The minimum Gasteiger partial charge on any atom is -0.492 e. The molecule has 0 spiro atoms. The largest absolute Gasteiger partial charge is 0.492 e. The van der Waals surface area contributed by atoms with Crippen molar-refractivity contribution in [3.05, 3.63) is 28.7 Å². The van der Waals surface area contributed by atoms with Crippen LogP contribution in [-0.4, -0.2) is 25.6 Å². The molecule has 0 fully saturated rings. The molecule has 0 radical (unpaired) electrons. The maximum atomic E-state index is 11.1. The molecule has 0 aromatic heterocycles. The predicted molar refractivity (Wildman–Crippen MR) is 66.3 cm³/mol. The van der Waals surface area contributed by atoms with E-state index in [9.17, 15) is 4.79 Å². The molecule has 1 aromatic carbocycles. The lowest BCUT2D eigenvalue weighted by molar-refractivity contribution is -0.120. The zero-order valence-corrected chi connectivity index (χ0v) is 10.5. The summed E-state index contributed by atoms with van der Waals surface area (Å²) in [5, 5.41) is 2.71. The van der Waals surface area contributed by atoms with Crippen molar-refractivity contribution in [3.63, 3.8) is 0 Å². The molecule has 5 heteroatoms.